The Kier molecular flexibility index (Phi) is 8.58. The first kappa shape index (κ1) is 23.6. The molecule has 0 heterocycles. The molecule has 1 atom stereocenters. The van der Waals surface area contributed by atoms with Crippen LogP contribution < -0.4 is 15.5 Å². The number of ether oxygens (including phenoxy) is 1. The Morgan fingerprint density at radius 2 is 1.93 bits per heavy atom. The number of phenols is 1. The van der Waals surface area contributed by atoms with Crippen LogP contribution in [0.2, 0.25) is 0 Å². The van der Waals surface area contributed by atoms with Gasteiger partial charge in [0.15, 0.2) is 11.5 Å². The monoisotopic (exact) mass is 527 g/mol. The minimum Gasteiger partial charge on any atom is -0.504 e. The van der Waals surface area contributed by atoms with Gasteiger partial charge in [-0.15, -0.1) is 0 Å². The van der Waals surface area contributed by atoms with Crippen molar-refractivity contribution in [2.75, 3.05) is 6.61 Å². The molecule has 2 rings (SSSR count). The van der Waals surface area contributed by atoms with Crippen LogP contribution in [-0.4, -0.2) is 35.8 Å². The summed E-state index contributed by atoms with van der Waals surface area (Å²) >= 11 is 1.97. The van der Waals surface area contributed by atoms with Crippen molar-refractivity contribution in [2.45, 2.75) is 26.8 Å². The van der Waals surface area contributed by atoms with Crippen molar-refractivity contribution in [3.63, 3.8) is 0 Å². The van der Waals surface area contributed by atoms with Gasteiger partial charge in [0, 0.05) is 5.56 Å². The van der Waals surface area contributed by atoms with Crippen molar-refractivity contribution in [3.8, 4) is 11.5 Å². The number of aromatic hydroxyl groups is 1. The van der Waals surface area contributed by atoms with E-state index < -0.39 is 23.7 Å². The van der Waals surface area contributed by atoms with Crippen molar-refractivity contribution in [1.29, 1.82) is 0 Å². The molecule has 0 aliphatic carbocycles. The van der Waals surface area contributed by atoms with Crippen LogP contribution in [0.3, 0.4) is 0 Å². The van der Waals surface area contributed by atoms with E-state index in [1.807, 2.05) is 22.6 Å². The van der Waals surface area contributed by atoms with E-state index >= 15 is 0 Å². The Bertz CT molecular complexity index is 933. The minimum atomic E-state index is -0.835. The fraction of sp³-hybridized carbons (Fsp3) is 0.286. The number of rotatable bonds is 8. The Morgan fingerprint density at radius 1 is 1.27 bits per heavy atom. The van der Waals surface area contributed by atoms with Crippen LogP contribution in [-0.2, 0) is 4.79 Å². The third kappa shape index (κ3) is 6.41. The van der Waals surface area contributed by atoms with E-state index in [1.165, 1.54) is 30.5 Å². The first-order valence-electron chi connectivity index (χ1n) is 9.27. The number of hydrazone groups is 1. The molecule has 0 aliphatic heterocycles. The van der Waals surface area contributed by atoms with Crippen LogP contribution >= 0.6 is 22.6 Å². The summed E-state index contributed by atoms with van der Waals surface area (Å²) in [6.45, 7) is 5.77. The van der Waals surface area contributed by atoms with Crippen molar-refractivity contribution < 1.29 is 23.8 Å². The molecule has 0 aliphatic rings. The maximum absolute atomic E-state index is 13.0. The zero-order chi connectivity index (χ0) is 22.3. The topological polar surface area (TPSA) is 100 Å². The normalized spacial score (nSPS) is 12.1. The highest BCUT2D eigenvalue weighted by molar-refractivity contribution is 14.1. The number of amides is 2. The summed E-state index contributed by atoms with van der Waals surface area (Å²) in [5.41, 5.74) is 3.29. The number of nitrogens with one attached hydrogen (secondary N) is 2. The van der Waals surface area contributed by atoms with Crippen molar-refractivity contribution in [2.24, 2.45) is 11.0 Å². The molecule has 160 valence electrons. The molecule has 9 heteroatoms. The number of benzene rings is 2. The lowest BCUT2D eigenvalue weighted by molar-refractivity contribution is -0.123. The molecule has 2 amide bonds. The molecule has 0 radical (unpaired) electrons. The van der Waals surface area contributed by atoms with Gasteiger partial charge in [0.1, 0.15) is 11.9 Å². The van der Waals surface area contributed by atoms with Crippen molar-refractivity contribution in [3.05, 3.63) is 56.9 Å². The van der Waals surface area contributed by atoms with Gasteiger partial charge < -0.3 is 15.2 Å². The van der Waals surface area contributed by atoms with Gasteiger partial charge in [0.25, 0.3) is 11.8 Å². The molecule has 2 aromatic carbocycles. The summed E-state index contributed by atoms with van der Waals surface area (Å²) in [7, 11) is 0. The second-order valence-electron chi connectivity index (χ2n) is 6.72. The highest BCUT2D eigenvalue weighted by Gasteiger charge is 2.24. The van der Waals surface area contributed by atoms with Crippen LogP contribution in [0.25, 0.3) is 0 Å². The van der Waals surface area contributed by atoms with Crippen molar-refractivity contribution in [1.82, 2.24) is 10.7 Å². The fourth-order valence-corrected chi connectivity index (χ4v) is 3.16. The number of carbonyl (C=O) groups excluding carboxylic acids is 2. The van der Waals surface area contributed by atoms with Crippen LogP contribution in [0.15, 0.2) is 41.5 Å². The highest BCUT2D eigenvalue weighted by Crippen LogP contribution is 2.32. The SMILES string of the molecule is CCOc1cc(/C=N/NC(=O)C(NC(=O)c2ccc(F)cc2)C(C)C)cc(I)c1O. The van der Waals surface area contributed by atoms with Crippen LogP contribution in [0, 0.1) is 15.3 Å². The van der Waals surface area contributed by atoms with E-state index in [0.717, 1.165) is 0 Å². The molecular formula is C21H23FIN3O4. The fourth-order valence-electron chi connectivity index (χ4n) is 2.53. The van der Waals surface area contributed by atoms with E-state index in [2.05, 4.69) is 15.8 Å². The van der Waals surface area contributed by atoms with E-state index in [1.54, 1.807) is 32.9 Å². The van der Waals surface area contributed by atoms with Crippen molar-refractivity contribution >= 4 is 40.6 Å². The smallest absolute Gasteiger partial charge is 0.262 e. The summed E-state index contributed by atoms with van der Waals surface area (Å²) in [4.78, 5) is 24.9. The summed E-state index contributed by atoms with van der Waals surface area (Å²) in [6.07, 6.45) is 1.42. The van der Waals surface area contributed by atoms with E-state index in [-0.39, 0.29) is 17.2 Å². The number of halogens is 2. The third-order valence-corrected chi connectivity index (χ3v) is 4.90. The van der Waals surface area contributed by atoms with Crippen LogP contribution in [0.1, 0.15) is 36.7 Å². The average Bonchev–Trinajstić information content (AvgIpc) is 2.70. The number of nitrogens with zero attached hydrogens (tertiary/aromatic N) is 1. The summed E-state index contributed by atoms with van der Waals surface area (Å²) in [5, 5.41) is 16.6. The maximum Gasteiger partial charge on any atom is 0.262 e. The number of hydrogen-bond acceptors (Lipinski definition) is 5. The molecule has 30 heavy (non-hydrogen) atoms. The Hall–Kier alpha value is -2.69. The Morgan fingerprint density at radius 3 is 2.53 bits per heavy atom. The lowest BCUT2D eigenvalue weighted by atomic mass is 10.0. The molecule has 0 aromatic heterocycles. The van der Waals surface area contributed by atoms with Crippen LogP contribution in [0.4, 0.5) is 4.39 Å². The predicted molar refractivity (Wildman–Crippen MR) is 120 cm³/mol. The molecule has 0 fully saturated rings. The third-order valence-electron chi connectivity index (χ3n) is 4.08. The quantitative estimate of drug-likeness (QED) is 0.278. The molecule has 0 bridgehead atoms. The van der Waals surface area contributed by atoms with Gasteiger partial charge in [0.05, 0.1) is 16.4 Å². The second-order valence-corrected chi connectivity index (χ2v) is 7.88. The van der Waals surface area contributed by atoms with Gasteiger partial charge in [-0.1, -0.05) is 13.8 Å². The maximum atomic E-state index is 13.0. The zero-order valence-electron chi connectivity index (χ0n) is 16.8. The van der Waals surface area contributed by atoms with E-state index in [9.17, 15) is 19.1 Å². The van der Waals surface area contributed by atoms with Gasteiger partial charge in [-0.3, -0.25) is 9.59 Å². The number of carbonyl (C=O) groups is 2. The van der Waals surface area contributed by atoms with Crippen LogP contribution in [0.5, 0.6) is 11.5 Å². The summed E-state index contributed by atoms with van der Waals surface area (Å²) in [5.74, 6) is -1.26. The first-order chi connectivity index (χ1) is 14.2. The largest absolute Gasteiger partial charge is 0.504 e. The van der Waals surface area contributed by atoms with Gasteiger partial charge in [-0.25, -0.2) is 9.82 Å². The molecule has 0 saturated heterocycles. The van der Waals surface area contributed by atoms with Gasteiger partial charge in [-0.05, 0) is 77.4 Å². The minimum absolute atomic E-state index is 0.0435. The standard InChI is InChI=1S/C21H23FIN3O4/c1-4-30-17-10-13(9-16(23)19(17)27)11-24-26-21(29)18(12(2)3)25-20(28)14-5-7-15(22)8-6-14/h5-12,18,27H,4H2,1-3H3,(H,25,28)(H,26,29)/b24-11+. The molecule has 1 unspecified atom stereocenters. The first-order valence-corrected chi connectivity index (χ1v) is 10.4. The summed E-state index contributed by atoms with van der Waals surface area (Å²) < 4.78 is 19.0. The molecular weight excluding hydrogens is 504 g/mol. The molecule has 2 aromatic rings. The predicted octanol–water partition coefficient (Wildman–Crippen LogP) is 3.44. The molecule has 0 spiro atoms. The average molecular weight is 527 g/mol. The number of phenolic OH excluding ortho intramolecular Hbond substituents is 1. The van der Waals surface area contributed by atoms with E-state index in [4.69, 9.17) is 4.74 Å². The van der Waals surface area contributed by atoms with Gasteiger partial charge in [0.2, 0.25) is 0 Å². The Balaban J connectivity index is 2.06. The second kappa shape index (κ2) is 10.9. The lowest BCUT2D eigenvalue weighted by Gasteiger charge is -2.20. The molecule has 0 saturated carbocycles. The number of hydrogen-bond donors (Lipinski definition) is 3. The summed E-state index contributed by atoms with van der Waals surface area (Å²) in [6, 6.07) is 7.51. The molecule has 7 nitrogen and oxygen atoms in total. The van der Waals surface area contributed by atoms with Gasteiger partial charge >= 0.3 is 0 Å². The van der Waals surface area contributed by atoms with E-state index in [0.29, 0.717) is 21.5 Å². The highest BCUT2D eigenvalue weighted by atomic mass is 127. The zero-order valence-corrected chi connectivity index (χ0v) is 18.9. The lowest BCUT2D eigenvalue weighted by Crippen LogP contribution is -2.48. The van der Waals surface area contributed by atoms with Gasteiger partial charge in [-0.2, -0.15) is 5.10 Å². The molecule has 3 N–H and O–H groups in total. The Labute approximate surface area is 187 Å².